The van der Waals surface area contributed by atoms with Gasteiger partial charge in [0.25, 0.3) is 5.91 Å². The van der Waals surface area contributed by atoms with E-state index >= 15 is 0 Å². The lowest BCUT2D eigenvalue weighted by Crippen LogP contribution is -2.14. The number of hydrogen-bond acceptors (Lipinski definition) is 2. The molecule has 0 saturated heterocycles. The van der Waals surface area contributed by atoms with E-state index in [0.717, 1.165) is 11.4 Å². The third-order valence-corrected chi connectivity index (χ3v) is 2.66. The largest absolute Gasteiger partial charge is 0.378 e. The number of nitrogens with one attached hydrogen (secondary N) is 1. The Hall–Kier alpha value is -2.29. The molecular weight excluding hydrogens is 224 g/mol. The maximum absolute atomic E-state index is 12.1. The van der Waals surface area contributed by atoms with Gasteiger partial charge in [0.15, 0.2) is 0 Å². The molecule has 0 atom stereocenters. The SMILES string of the molecule is CN(C)c1cccc(C(=O)Nc2ccccc2)c1. The van der Waals surface area contributed by atoms with Gasteiger partial charge in [0.2, 0.25) is 0 Å². The highest BCUT2D eigenvalue weighted by molar-refractivity contribution is 6.04. The van der Waals surface area contributed by atoms with Crippen molar-refractivity contribution in [3.63, 3.8) is 0 Å². The summed E-state index contributed by atoms with van der Waals surface area (Å²) in [5.74, 6) is -0.0927. The molecule has 0 heterocycles. The van der Waals surface area contributed by atoms with E-state index in [2.05, 4.69) is 5.32 Å². The predicted octanol–water partition coefficient (Wildman–Crippen LogP) is 3.00. The zero-order valence-corrected chi connectivity index (χ0v) is 10.6. The van der Waals surface area contributed by atoms with Crippen molar-refractivity contribution in [1.29, 1.82) is 0 Å². The summed E-state index contributed by atoms with van der Waals surface area (Å²) in [5, 5.41) is 2.87. The van der Waals surface area contributed by atoms with Crippen LogP contribution < -0.4 is 10.2 Å². The first-order valence-electron chi connectivity index (χ1n) is 5.80. The molecule has 0 unspecified atom stereocenters. The number of para-hydroxylation sites is 1. The summed E-state index contributed by atoms with van der Waals surface area (Å²) in [6.45, 7) is 0. The molecule has 3 heteroatoms. The monoisotopic (exact) mass is 240 g/mol. The lowest BCUT2D eigenvalue weighted by atomic mass is 10.1. The molecule has 0 saturated carbocycles. The van der Waals surface area contributed by atoms with Crippen LogP contribution in [0.3, 0.4) is 0 Å². The van der Waals surface area contributed by atoms with E-state index in [1.165, 1.54) is 0 Å². The summed E-state index contributed by atoms with van der Waals surface area (Å²) in [6, 6.07) is 17.0. The van der Waals surface area contributed by atoms with Gasteiger partial charge in [0.1, 0.15) is 0 Å². The van der Waals surface area contributed by atoms with Gasteiger partial charge in [-0.05, 0) is 30.3 Å². The van der Waals surface area contributed by atoms with Crippen LogP contribution in [0.15, 0.2) is 54.6 Å². The van der Waals surface area contributed by atoms with Gasteiger partial charge in [0.05, 0.1) is 0 Å². The quantitative estimate of drug-likeness (QED) is 0.894. The molecule has 0 bridgehead atoms. The Morgan fingerprint density at radius 1 is 1.00 bits per heavy atom. The minimum absolute atomic E-state index is 0.0927. The average molecular weight is 240 g/mol. The number of rotatable bonds is 3. The van der Waals surface area contributed by atoms with Crippen molar-refractivity contribution in [2.45, 2.75) is 0 Å². The first-order chi connectivity index (χ1) is 8.66. The summed E-state index contributed by atoms with van der Waals surface area (Å²) in [4.78, 5) is 14.0. The number of hydrogen-bond donors (Lipinski definition) is 1. The number of carbonyl (C=O) groups excluding carboxylic acids is 1. The number of amides is 1. The molecule has 92 valence electrons. The molecule has 0 aliphatic heterocycles. The van der Waals surface area contributed by atoms with Gasteiger partial charge in [-0.3, -0.25) is 4.79 Å². The predicted molar refractivity (Wildman–Crippen MR) is 75.2 cm³/mol. The Bertz CT molecular complexity index is 535. The molecule has 2 rings (SSSR count). The van der Waals surface area contributed by atoms with E-state index < -0.39 is 0 Å². The number of carbonyl (C=O) groups is 1. The Kier molecular flexibility index (Phi) is 3.63. The van der Waals surface area contributed by atoms with Crippen molar-refractivity contribution in [3.8, 4) is 0 Å². The van der Waals surface area contributed by atoms with Crippen molar-refractivity contribution in [2.24, 2.45) is 0 Å². The van der Waals surface area contributed by atoms with Crippen LogP contribution in [-0.2, 0) is 0 Å². The summed E-state index contributed by atoms with van der Waals surface area (Å²) >= 11 is 0. The smallest absolute Gasteiger partial charge is 0.255 e. The van der Waals surface area contributed by atoms with Gasteiger partial charge in [-0.15, -0.1) is 0 Å². The van der Waals surface area contributed by atoms with Gasteiger partial charge in [-0.25, -0.2) is 0 Å². The maximum atomic E-state index is 12.1. The molecule has 2 aromatic carbocycles. The van der Waals surface area contributed by atoms with Crippen LogP contribution >= 0.6 is 0 Å². The molecule has 1 N–H and O–H groups in total. The minimum Gasteiger partial charge on any atom is -0.378 e. The molecule has 18 heavy (non-hydrogen) atoms. The lowest BCUT2D eigenvalue weighted by Gasteiger charge is -2.13. The summed E-state index contributed by atoms with van der Waals surface area (Å²) in [5.41, 5.74) is 2.47. The number of anilines is 2. The number of benzene rings is 2. The van der Waals surface area contributed by atoms with Crippen molar-refractivity contribution in [1.82, 2.24) is 0 Å². The molecule has 2 aromatic rings. The molecule has 3 nitrogen and oxygen atoms in total. The van der Waals surface area contributed by atoms with Crippen molar-refractivity contribution in [2.75, 3.05) is 24.3 Å². The zero-order valence-electron chi connectivity index (χ0n) is 10.6. The van der Waals surface area contributed by atoms with Crippen LogP contribution in [0.5, 0.6) is 0 Å². The lowest BCUT2D eigenvalue weighted by molar-refractivity contribution is 0.102. The summed E-state index contributed by atoms with van der Waals surface area (Å²) < 4.78 is 0. The highest BCUT2D eigenvalue weighted by Crippen LogP contribution is 2.15. The van der Waals surface area contributed by atoms with E-state index in [-0.39, 0.29) is 5.91 Å². The molecule has 1 amide bonds. The van der Waals surface area contributed by atoms with Gasteiger partial charge >= 0.3 is 0 Å². The highest BCUT2D eigenvalue weighted by Gasteiger charge is 2.06. The van der Waals surface area contributed by atoms with Crippen molar-refractivity contribution in [3.05, 3.63) is 60.2 Å². The third-order valence-electron chi connectivity index (χ3n) is 2.66. The van der Waals surface area contributed by atoms with Crippen molar-refractivity contribution < 1.29 is 4.79 Å². The van der Waals surface area contributed by atoms with E-state index in [1.807, 2.05) is 73.6 Å². The Labute approximate surface area is 107 Å². The minimum atomic E-state index is -0.0927. The van der Waals surface area contributed by atoms with Crippen LogP contribution in [0, 0.1) is 0 Å². The van der Waals surface area contributed by atoms with Gasteiger partial charge in [-0.2, -0.15) is 0 Å². The van der Waals surface area contributed by atoms with E-state index in [0.29, 0.717) is 5.56 Å². The average Bonchev–Trinajstić information content (AvgIpc) is 2.40. The van der Waals surface area contributed by atoms with Gasteiger partial charge < -0.3 is 10.2 Å². The molecule has 0 aliphatic rings. The molecular formula is C15H16N2O. The Balaban J connectivity index is 2.16. The topological polar surface area (TPSA) is 32.3 Å². The normalized spacial score (nSPS) is 9.89. The molecule has 0 aliphatic carbocycles. The fourth-order valence-corrected chi connectivity index (χ4v) is 1.65. The molecule has 0 fully saturated rings. The van der Waals surface area contributed by atoms with Crippen LogP contribution in [-0.4, -0.2) is 20.0 Å². The Morgan fingerprint density at radius 2 is 1.72 bits per heavy atom. The summed E-state index contributed by atoms with van der Waals surface area (Å²) in [6.07, 6.45) is 0. The highest BCUT2D eigenvalue weighted by atomic mass is 16.1. The van der Waals surface area contributed by atoms with Crippen LogP contribution in [0.2, 0.25) is 0 Å². The zero-order chi connectivity index (χ0) is 13.0. The molecule has 0 spiro atoms. The maximum Gasteiger partial charge on any atom is 0.255 e. The van der Waals surface area contributed by atoms with Crippen LogP contribution in [0.1, 0.15) is 10.4 Å². The number of nitrogens with zero attached hydrogens (tertiary/aromatic N) is 1. The third kappa shape index (κ3) is 2.88. The standard InChI is InChI=1S/C15H16N2O/c1-17(2)14-10-6-7-12(11-14)15(18)16-13-8-4-3-5-9-13/h3-11H,1-2H3,(H,16,18). The van der Waals surface area contributed by atoms with Crippen LogP contribution in [0.25, 0.3) is 0 Å². The fraction of sp³-hybridized carbons (Fsp3) is 0.133. The molecule has 0 aromatic heterocycles. The van der Waals surface area contributed by atoms with E-state index in [4.69, 9.17) is 0 Å². The second kappa shape index (κ2) is 5.36. The molecule has 0 radical (unpaired) electrons. The van der Waals surface area contributed by atoms with Crippen molar-refractivity contribution >= 4 is 17.3 Å². The van der Waals surface area contributed by atoms with E-state index in [9.17, 15) is 4.79 Å². The second-order valence-electron chi connectivity index (χ2n) is 4.26. The Morgan fingerprint density at radius 3 is 2.39 bits per heavy atom. The van der Waals surface area contributed by atoms with E-state index in [1.54, 1.807) is 0 Å². The first-order valence-corrected chi connectivity index (χ1v) is 5.80. The first kappa shape index (κ1) is 12.2. The summed E-state index contributed by atoms with van der Waals surface area (Å²) in [7, 11) is 3.91. The van der Waals surface area contributed by atoms with Gasteiger partial charge in [0, 0.05) is 31.0 Å². The van der Waals surface area contributed by atoms with Crippen LogP contribution in [0.4, 0.5) is 11.4 Å². The fourth-order valence-electron chi connectivity index (χ4n) is 1.65. The second-order valence-corrected chi connectivity index (χ2v) is 4.26. The van der Waals surface area contributed by atoms with Gasteiger partial charge in [-0.1, -0.05) is 24.3 Å².